The molecule has 6 heteroatoms. The lowest BCUT2D eigenvalue weighted by Gasteiger charge is -2.14. The highest BCUT2D eigenvalue weighted by Crippen LogP contribution is 2.28. The van der Waals surface area contributed by atoms with Crippen molar-refractivity contribution in [1.82, 2.24) is 9.78 Å². The topological polar surface area (TPSA) is 55.9 Å². The van der Waals surface area contributed by atoms with Crippen LogP contribution in [-0.4, -0.2) is 27.1 Å². The minimum atomic E-state index is 0.440. The maximum atomic E-state index is 5.90. The van der Waals surface area contributed by atoms with Gasteiger partial charge in [0, 0.05) is 35.9 Å². The zero-order chi connectivity index (χ0) is 15.2. The Hall–Kier alpha value is -1.53. The first kappa shape index (κ1) is 15.9. The molecule has 0 spiro atoms. The summed E-state index contributed by atoms with van der Waals surface area (Å²) in [6.45, 7) is 2.94. The zero-order valence-electron chi connectivity index (χ0n) is 12.3. The van der Waals surface area contributed by atoms with Crippen LogP contribution in [0.15, 0.2) is 35.5 Å². The van der Waals surface area contributed by atoms with Crippen LogP contribution in [-0.2, 0) is 13.5 Å². The summed E-state index contributed by atoms with van der Waals surface area (Å²) in [5.74, 6) is 0.995. The number of nitrogens with one attached hydrogen (secondary N) is 1. The average molecular weight is 320 g/mol. The van der Waals surface area contributed by atoms with Crippen molar-refractivity contribution in [2.45, 2.75) is 18.2 Å². The average Bonchev–Trinajstić information content (AvgIpc) is 2.85. The molecule has 1 heterocycles. The van der Waals surface area contributed by atoms with Crippen LogP contribution in [0.4, 0.5) is 5.69 Å². The molecule has 2 rings (SSSR count). The lowest BCUT2D eigenvalue weighted by atomic mass is 10.1. The van der Waals surface area contributed by atoms with Gasteiger partial charge >= 0.3 is 0 Å². The molecule has 0 radical (unpaired) electrons. The number of benzene rings is 1. The molecule has 0 saturated carbocycles. The molecule has 0 fully saturated rings. The van der Waals surface area contributed by atoms with Crippen LogP contribution in [0.3, 0.4) is 0 Å². The van der Waals surface area contributed by atoms with Crippen molar-refractivity contribution >= 4 is 34.7 Å². The Balaban J connectivity index is 2.08. The van der Waals surface area contributed by atoms with E-state index >= 15 is 0 Å². The molecule has 0 aliphatic rings. The molecule has 21 heavy (non-hydrogen) atoms. The number of nitrogens with zero attached hydrogens (tertiary/aromatic N) is 2. The van der Waals surface area contributed by atoms with E-state index in [0.29, 0.717) is 4.99 Å². The third-order valence-corrected chi connectivity index (χ3v) is 4.20. The number of hydrogen-bond donors (Lipinski definition) is 2. The molecule has 112 valence electrons. The first-order chi connectivity index (χ1) is 10.1. The van der Waals surface area contributed by atoms with Gasteiger partial charge in [0.05, 0.1) is 6.20 Å². The maximum absolute atomic E-state index is 5.90. The van der Waals surface area contributed by atoms with E-state index in [4.69, 9.17) is 18.0 Å². The number of anilines is 1. The second-order valence-electron chi connectivity index (χ2n) is 4.68. The molecule has 4 nitrogen and oxygen atoms in total. The summed E-state index contributed by atoms with van der Waals surface area (Å²) in [6.07, 6.45) is 4.83. The highest BCUT2D eigenvalue weighted by molar-refractivity contribution is 7.99. The Morgan fingerprint density at radius 1 is 1.48 bits per heavy atom. The summed E-state index contributed by atoms with van der Waals surface area (Å²) in [4.78, 5) is 1.58. The van der Waals surface area contributed by atoms with E-state index in [1.165, 1.54) is 5.56 Å². The van der Waals surface area contributed by atoms with Gasteiger partial charge in [-0.25, -0.2) is 0 Å². The predicted octanol–water partition coefficient (Wildman–Crippen LogP) is 2.82. The van der Waals surface area contributed by atoms with E-state index in [9.17, 15) is 0 Å². The van der Waals surface area contributed by atoms with Crippen LogP contribution in [0.25, 0.3) is 0 Å². The lowest BCUT2D eigenvalue weighted by molar-refractivity contribution is 0.767. The fraction of sp³-hybridized carbons (Fsp3) is 0.333. The van der Waals surface area contributed by atoms with Crippen LogP contribution in [0.5, 0.6) is 0 Å². The van der Waals surface area contributed by atoms with Gasteiger partial charge in [-0.15, -0.1) is 11.8 Å². The van der Waals surface area contributed by atoms with Gasteiger partial charge in [-0.3, -0.25) is 4.68 Å². The Labute approximate surface area is 135 Å². The standard InChI is InChI=1S/C15H20N4S2/c1-3-21-13-6-4-5-12(14(13)15(16)20)17-8-7-11-9-18-19(2)10-11/h4-6,9-10,17H,3,7-8H2,1-2H3,(H2,16,20). The zero-order valence-corrected chi connectivity index (χ0v) is 13.9. The van der Waals surface area contributed by atoms with Crippen molar-refractivity contribution in [3.8, 4) is 0 Å². The van der Waals surface area contributed by atoms with Crippen molar-refractivity contribution in [1.29, 1.82) is 0 Å². The van der Waals surface area contributed by atoms with Crippen molar-refractivity contribution in [3.63, 3.8) is 0 Å². The molecule has 0 aliphatic heterocycles. The summed E-state index contributed by atoms with van der Waals surface area (Å²) < 4.78 is 1.81. The molecule has 0 unspecified atom stereocenters. The van der Waals surface area contributed by atoms with Crippen LogP contribution in [0, 0.1) is 0 Å². The van der Waals surface area contributed by atoms with Gasteiger partial charge < -0.3 is 11.1 Å². The molecule has 0 atom stereocenters. The largest absolute Gasteiger partial charge is 0.389 e. The van der Waals surface area contributed by atoms with Crippen molar-refractivity contribution in [3.05, 3.63) is 41.7 Å². The highest BCUT2D eigenvalue weighted by atomic mass is 32.2. The minimum Gasteiger partial charge on any atom is -0.389 e. The fourth-order valence-electron chi connectivity index (χ4n) is 2.15. The SMILES string of the molecule is CCSc1cccc(NCCc2cnn(C)c2)c1C(N)=S. The van der Waals surface area contributed by atoms with Gasteiger partial charge in [0.25, 0.3) is 0 Å². The molecular weight excluding hydrogens is 300 g/mol. The maximum Gasteiger partial charge on any atom is 0.107 e. The third-order valence-electron chi connectivity index (χ3n) is 3.06. The summed E-state index contributed by atoms with van der Waals surface area (Å²) >= 11 is 6.97. The first-order valence-corrected chi connectivity index (χ1v) is 8.28. The molecule has 0 saturated heterocycles. The van der Waals surface area contributed by atoms with Crippen LogP contribution in [0.1, 0.15) is 18.1 Å². The van der Waals surface area contributed by atoms with Crippen LogP contribution >= 0.6 is 24.0 Å². The van der Waals surface area contributed by atoms with Crippen molar-refractivity contribution in [2.24, 2.45) is 12.8 Å². The van der Waals surface area contributed by atoms with Crippen molar-refractivity contribution in [2.75, 3.05) is 17.6 Å². The predicted molar refractivity (Wildman–Crippen MR) is 94.1 cm³/mol. The lowest BCUT2D eigenvalue weighted by Crippen LogP contribution is -2.15. The molecule has 0 bridgehead atoms. The van der Waals surface area contributed by atoms with E-state index in [0.717, 1.165) is 34.9 Å². The van der Waals surface area contributed by atoms with Gasteiger partial charge in [-0.1, -0.05) is 25.2 Å². The Morgan fingerprint density at radius 2 is 2.29 bits per heavy atom. The van der Waals surface area contributed by atoms with E-state index in [1.807, 2.05) is 36.3 Å². The Kier molecular flexibility index (Phi) is 5.64. The number of hydrogen-bond acceptors (Lipinski definition) is 4. The summed E-state index contributed by atoms with van der Waals surface area (Å²) in [7, 11) is 1.92. The number of aryl methyl sites for hydroxylation is 1. The van der Waals surface area contributed by atoms with Crippen molar-refractivity contribution < 1.29 is 0 Å². The van der Waals surface area contributed by atoms with Gasteiger partial charge in [0.2, 0.25) is 0 Å². The molecule has 0 amide bonds. The van der Waals surface area contributed by atoms with E-state index < -0.39 is 0 Å². The van der Waals surface area contributed by atoms with E-state index in [-0.39, 0.29) is 0 Å². The molecule has 2 aromatic rings. The van der Waals surface area contributed by atoms with Crippen LogP contribution < -0.4 is 11.1 Å². The molecule has 0 aliphatic carbocycles. The molecule has 1 aromatic carbocycles. The first-order valence-electron chi connectivity index (χ1n) is 6.88. The van der Waals surface area contributed by atoms with Gasteiger partial charge in [0.15, 0.2) is 0 Å². The summed E-state index contributed by atoms with van der Waals surface area (Å²) in [5.41, 5.74) is 9.06. The normalized spacial score (nSPS) is 10.6. The second kappa shape index (κ2) is 7.47. The summed E-state index contributed by atoms with van der Waals surface area (Å²) in [5, 5.41) is 7.60. The second-order valence-corrected chi connectivity index (χ2v) is 6.42. The quantitative estimate of drug-likeness (QED) is 0.607. The summed E-state index contributed by atoms with van der Waals surface area (Å²) in [6, 6.07) is 6.12. The number of aromatic nitrogens is 2. The highest BCUT2D eigenvalue weighted by Gasteiger charge is 2.10. The number of rotatable bonds is 7. The van der Waals surface area contributed by atoms with E-state index in [1.54, 1.807) is 11.8 Å². The Morgan fingerprint density at radius 3 is 2.90 bits per heavy atom. The van der Waals surface area contributed by atoms with Gasteiger partial charge in [-0.2, -0.15) is 5.10 Å². The van der Waals surface area contributed by atoms with Crippen LogP contribution in [0.2, 0.25) is 0 Å². The van der Waals surface area contributed by atoms with E-state index in [2.05, 4.69) is 23.4 Å². The third kappa shape index (κ3) is 4.22. The fourth-order valence-corrected chi connectivity index (χ4v) is 3.29. The van der Waals surface area contributed by atoms with Gasteiger partial charge in [-0.05, 0) is 29.9 Å². The number of nitrogens with two attached hydrogens (primary N) is 1. The smallest absolute Gasteiger partial charge is 0.107 e. The molecule has 1 aromatic heterocycles. The number of thiocarbonyl (C=S) groups is 1. The van der Waals surface area contributed by atoms with Gasteiger partial charge in [0.1, 0.15) is 4.99 Å². The Bertz CT molecular complexity index is 622. The minimum absolute atomic E-state index is 0.440. The molecular formula is C15H20N4S2. The monoisotopic (exact) mass is 320 g/mol. The number of thioether (sulfide) groups is 1. The molecule has 3 N–H and O–H groups in total.